The fourth-order valence-electron chi connectivity index (χ4n) is 4.97. The Morgan fingerprint density at radius 2 is 1.67 bits per heavy atom. The first-order chi connectivity index (χ1) is 24.4. The molecule has 0 bridgehead atoms. The highest BCUT2D eigenvalue weighted by atomic mass is 16.7. The molecule has 3 unspecified atom stereocenters. The molecule has 4 N–H and O–H groups in total. The summed E-state index contributed by atoms with van der Waals surface area (Å²) in [6.45, 7) is 15.0. The molecular weight excluding hydrogens is 678 g/mol. The number of aliphatic hydroxyl groups excluding tert-OH is 1. The highest BCUT2D eigenvalue weighted by Crippen LogP contribution is 2.31. The maximum absolute atomic E-state index is 13.0. The van der Waals surface area contributed by atoms with Gasteiger partial charge in [0.1, 0.15) is 12.4 Å². The van der Waals surface area contributed by atoms with Crippen LogP contribution in [0.15, 0.2) is 30.4 Å². The van der Waals surface area contributed by atoms with Crippen LogP contribution in [0.1, 0.15) is 93.1 Å². The van der Waals surface area contributed by atoms with Gasteiger partial charge < -0.3 is 39.8 Å². The number of aliphatic carboxylic acids is 1. The first-order valence-electron chi connectivity index (χ1n) is 17.6. The second kappa shape index (κ2) is 20.0. The van der Waals surface area contributed by atoms with E-state index >= 15 is 0 Å². The average Bonchev–Trinajstić information content (AvgIpc) is 3.40. The third kappa shape index (κ3) is 14.0. The molecule has 2 aliphatic heterocycles. The zero-order valence-corrected chi connectivity index (χ0v) is 31.5. The number of carbonyl (C=O) groups excluding carboxylic acids is 5. The minimum absolute atomic E-state index is 0.00755. The summed E-state index contributed by atoms with van der Waals surface area (Å²) in [5, 5.41) is 25.0. The molecule has 2 heterocycles. The van der Waals surface area contributed by atoms with E-state index in [-0.39, 0.29) is 80.6 Å². The van der Waals surface area contributed by atoms with Crippen molar-refractivity contribution >= 4 is 41.3 Å². The number of aliphatic hydroxyl groups is 1. The van der Waals surface area contributed by atoms with E-state index in [4.69, 9.17) is 18.9 Å². The number of esters is 1. The van der Waals surface area contributed by atoms with Crippen LogP contribution in [0, 0.1) is 11.3 Å². The Labute approximate surface area is 305 Å². The molecule has 0 spiro atoms. The molecule has 1 aromatic carbocycles. The quantitative estimate of drug-likeness (QED) is 0.126. The van der Waals surface area contributed by atoms with Crippen molar-refractivity contribution in [3.63, 3.8) is 0 Å². The summed E-state index contributed by atoms with van der Waals surface area (Å²) in [5.74, 6) is -3.29. The Kier molecular flexibility index (Phi) is 16.9. The maximum Gasteiger partial charge on any atom is 0.333 e. The Morgan fingerprint density at radius 3 is 2.29 bits per heavy atom. The Morgan fingerprint density at radius 1 is 1.02 bits per heavy atom. The van der Waals surface area contributed by atoms with Crippen LogP contribution in [0.4, 0.5) is 5.69 Å². The number of carboxylic acid groups (broad SMARTS) is 1. The van der Waals surface area contributed by atoms with E-state index in [1.165, 1.54) is 18.2 Å². The molecule has 1 fully saturated rings. The molecule has 2 aliphatic rings. The number of nitrogens with zero attached hydrogens (tertiary/aromatic N) is 1. The first kappa shape index (κ1) is 43.8. The van der Waals surface area contributed by atoms with Gasteiger partial charge in [-0.05, 0) is 44.4 Å². The van der Waals surface area contributed by atoms with Crippen LogP contribution in [-0.4, -0.2) is 94.5 Å². The highest BCUT2D eigenvalue weighted by Gasteiger charge is 2.35. The van der Waals surface area contributed by atoms with Gasteiger partial charge in [0.25, 0.3) is 11.8 Å². The van der Waals surface area contributed by atoms with Gasteiger partial charge in [-0.1, -0.05) is 47.6 Å². The molecule has 3 rings (SSSR count). The number of nitrogens with one attached hydrogen (secondary N) is 2. The lowest BCUT2D eigenvalue weighted by Crippen LogP contribution is -2.42. The second-order valence-electron chi connectivity index (χ2n) is 13.9. The average molecular weight is 734 g/mol. The van der Waals surface area contributed by atoms with Gasteiger partial charge in [0.05, 0.1) is 23.3 Å². The van der Waals surface area contributed by atoms with E-state index in [0.29, 0.717) is 18.4 Å². The van der Waals surface area contributed by atoms with Gasteiger partial charge in [-0.25, -0.2) is 4.79 Å². The lowest BCUT2D eigenvalue weighted by Gasteiger charge is -2.31. The van der Waals surface area contributed by atoms with Gasteiger partial charge >= 0.3 is 11.9 Å². The standard InChI is InChI=1S/C35H49N3O12.C2H6/c1-21(2)32(45)47-20-22-7-8-25(49-30-19-23(39)18-26(50-30)31(43)44)24(17-22)37-27(40)11-14-36-33(46)34(3,4)13-16-48-35(5,6)12-15-38-28(41)9-10-29(38)42;1-2/h7-10,17,21,23,26,30,39H,11-16,18-20H2,1-6H3,(H,36,46)(H,37,40)(H,43,44);1-2H3. The van der Waals surface area contributed by atoms with Gasteiger partial charge in [-0.3, -0.25) is 28.9 Å². The molecule has 15 heteroatoms. The molecule has 0 radical (unpaired) electrons. The molecule has 0 aliphatic carbocycles. The van der Waals surface area contributed by atoms with Crippen LogP contribution in [-0.2, 0) is 49.6 Å². The number of imide groups is 1. The van der Waals surface area contributed by atoms with E-state index < -0.39 is 47.4 Å². The van der Waals surface area contributed by atoms with E-state index in [1.54, 1.807) is 39.8 Å². The minimum Gasteiger partial charge on any atom is -0.479 e. The van der Waals surface area contributed by atoms with Crippen LogP contribution >= 0.6 is 0 Å². The number of hydrogen-bond donors (Lipinski definition) is 4. The number of anilines is 1. The fourth-order valence-corrected chi connectivity index (χ4v) is 4.97. The monoisotopic (exact) mass is 733 g/mol. The number of hydrogen-bond acceptors (Lipinski definition) is 11. The minimum atomic E-state index is -1.26. The third-order valence-electron chi connectivity index (χ3n) is 8.28. The van der Waals surface area contributed by atoms with Crippen molar-refractivity contribution in [1.82, 2.24) is 10.2 Å². The summed E-state index contributed by atoms with van der Waals surface area (Å²) in [5.41, 5.74) is -0.738. The largest absolute Gasteiger partial charge is 0.479 e. The second-order valence-corrected chi connectivity index (χ2v) is 13.9. The molecule has 0 saturated carbocycles. The summed E-state index contributed by atoms with van der Waals surface area (Å²) in [7, 11) is 0. The molecule has 1 saturated heterocycles. The van der Waals surface area contributed by atoms with Crippen molar-refractivity contribution < 1.29 is 57.9 Å². The molecule has 3 atom stereocenters. The van der Waals surface area contributed by atoms with Crippen LogP contribution < -0.4 is 15.4 Å². The van der Waals surface area contributed by atoms with E-state index in [9.17, 15) is 39.0 Å². The number of carbonyl (C=O) groups is 6. The predicted molar refractivity (Wildman–Crippen MR) is 190 cm³/mol. The zero-order chi connectivity index (χ0) is 39.2. The summed E-state index contributed by atoms with van der Waals surface area (Å²) in [4.78, 5) is 74.2. The number of benzene rings is 1. The van der Waals surface area contributed by atoms with E-state index in [2.05, 4.69) is 10.6 Å². The molecule has 52 heavy (non-hydrogen) atoms. The lowest BCUT2D eigenvalue weighted by molar-refractivity contribution is -0.195. The van der Waals surface area contributed by atoms with Crippen molar-refractivity contribution in [2.75, 3.05) is 25.0 Å². The SMILES string of the molecule is CC.CC(C)C(=O)OCc1ccc(OC2CC(O)CC(C(=O)O)O2)c(NC(=O)CCNC(=O)C(C)(C)CCOC(C)(C)CCN2C(=O)C=CC2=O)c1. The van der Waals surface area contributed by atoms with Crippen molar-refractivity contribution in [3.05, 3.63) is 35.9 Å². The normalized spacial score (nSPS) is 18.8. The van der Waals surface area contributed by atoms with Crippen molar-refractivity contribution in [3.8, 4) is 5.75 Å². The smallest absolute Gasteiger partial charge is 0.333 e. The van der Waals surface area contributed by atoms with Gasteiger partial charge in [-0.2, -0.15) is 0 Å². The number of carboxylic acids is 1. The number of amides is 4. The van der Waals surface area contributed by atoms with E-state index in [0.717, 1.165) is 4.90 Å². The predicted octanol–water partition coefficient (Wildman–Crippen LogP) is 3.71. The van der Waals surface area contributed by atoms with Crippen molar-refractivity contribution in [1.29, 1.82) is 0 Å². The Bertz CT molecular complexity index is 1440. The maximum atomic E-state index is 13.0. The molecule has 4 amide bonds. The highest BCUT2D eigenvalue weighted by molar-refractivity contribution is 6.12. The van der Waals surface area contributed by atoms with Crippen LogP contribution in [0.5, 0.6) is 5.75 Å². The molecule has 290 valence electrons. The van der Waals surface area contributed by atoms with Crippen molar-refractivity contribution in [2.45, 2.75) is 118 Å². The fraction of sp³-hybridized carbons (Fsp3) is 0.622. The van der Waals surface area contributed by atoms with Crippen LogP contribution in [0.2, 0.25) is 0 Å². The van der Waals surface area contributed by atoms with E-state index in [1.807, 2.05) is 27.7 Å². The summed E-state index contributed by atoms with van der Waals surface area (Å²) in [6, 6.07) is 4.69. The van der Waals surface area contributed by atoms with Crippen molar-refractivity contribution in [2.24, 2.45) is 11.3 Å². The van der Waals surface area contributed by atoms with Gasteiger partial charge in [0.15, 0.2) is 6.10 Å². The third-order valence-corrected chi connectivity index (χ3v) is 8.28. The molecule has 15 nitrogen and oxygen atoms in total. The zero-order valence-electron chi connectivity index (χ0n) is 31.5. The first-order valence-corrected chi connectivity index (χ1v) is 17.6. The molecule has 0 aromatic heterocycles. The molecule has 1 aromatic rings. The van der Waals surface area contributed by atoms with Gasteiger partial charge in [0.2, 0.25) is 18.1 Å². The summed E-state index contributed by atoms with van der Waals surface area (Å²) < 4.78 is 22.6. The summed E-state index contributed by atoms with van der Waals surface area (Å²) in [6.07, 6.45) is -0.254. The van der Waals surface area contributed by atoms with Gasteiger partial charge in [0, 0.05) is 56.5 Å². The van der Waals surface area contributed by atoms with Crippen LogP contribution in [0.25, 0.3) is 0 Å². The molecular formula is C37H55N3O12. The van der Waals surface area contributed by atoms with Crippen LogP contribution in [0.3, 0.4) is 0 Å². The Hall–Kier alpha value is -4.34. The lowest BCUT2D eigenvalue weighted by atomic mass is 9.88. The van der Waals surface area contributed by atoms with Gasteiger partial charge in [-0.15, -0.1) is 0 Å². The number of ether oxygens (including phenoxy) is 4. The number of rotatable bonds is 18. The topological polar surface area (TPSA) is 207 Å². The summed E-state index contributed by atoms with van der Waals surface area (Å²) >= 11 is 0. The Balaban J connectivity index is 0.00000460.